The van der Waals surface area contributed by atoms with Crippen molar-refractivity contribution in [2.24, 2.45) is 0 Å². The van der Waals surface area contributed by atoms with Crippen LogP contribution in [0.1, 0.15) is 0 Å². The molecule has 0 atom stereocenters. The highest BCUT2D eigenvalue weighted by Crippen LogP contribution is 2.39. The number of hydrogen-bond donors (Lipinski definition) is 1. The number of fused-ring (bicyclic) bond motifs is 1. The first kappa shape index (κ1) is 9.60. The number of ether oxygens (including phenoxy) is 2. The molecule has 0 fully saturated rings. The zero-order valence-electron chi connectivity index (χ0n) is 8.50. The van der Waals surface area contributed by atoms with E-state index in [1.807, 2.05) is 24.4 Å². The fraction of sp³-hybridized carbons (Fsp3) is 0.167. The fourth-order valence-corrected chi connectivity index (χ4v) is 2.02. The molecule has 0 saturated heterocycles. The average Bonchev–Trinajstić information content (AvgIpc) is 2.81. The maximum Gasteiger partial charge on any atom is 0.162 e. The van der Waals surface area contributed by atoms with Crippen LogP contribution in [-0.2, 0) is 0 Å². The summed E-state index contributed by atoms with van der Waals surface area (Å²) in [6.07, 6.45) is 1.86. The molecule has 82 valence electrons. The topological polar surface area (TPSA) is 34.2 Å². The standard InChI is InChI=1S/C12H10ClNO2/c13-9-7-12-11(15-4-5-16-12)6-8(9)10-2-1-3-14-10/h1-3,6-7,14H,4-5H2. The minimum Gasteiger partial charge on any atom is -0.486 e. The first-order valence-corrected chi connectivity index (χ1v) is 5.45. The van der Waals surface area contributed by atoms with Crippen molar-refractivity contribution in [3.05, 3.63) is 35.5 Å². The highest BCUT2D eigenvalue weighted by molar-refractivity contribution is 6.33. The predicted molar refractivity (Wildman–Crippen MR) is 62.2 cm³/mol. The van der Waals surface area contributed by atoms with E-state index in [4.69, 9.17) is 21.1 Å². The normalized spacial score (nSPS) is 13.8. The molecule has 1 N–H and O–H groups in total. The number of benzene rings is 1. The minimum atomic E-state index is 0.575. The second-order valence-corrected chi connectivity index (χ2v) is 3.97. The van der Waals surface area contributed by atoms with Gasteiger partial charge in [-0.3, -0.25) is 0 Å². The molecule has 0 radical (unpaired) electrons. The Labute approximate surface area is 98.0 Å². The van der Waals surface area contributed by atoms with Gasteiger partial charge < -0.3 is 14.5 Å². The van der Waals surface area contributed by atoms with Crippen molar-refractivity contribution < 1.29 is 9.47 Å². The zero-order valence-corrected chi connectivity index (χ0v) is 9.25. The molecule has 0 amide bonds. The Morgan fingerprint density at radius 2 is 1.88 bits per heavy atom. The van der Waals surface area contributed by atoms with Gasteiger partial charge in [-0.15, -0.1) is 0 Å². The van der Waals surface area contributed by atoms with Crippen molar-refractivity contribution in [2.75, 3.05) is 13.2 Å². The lowest BCUT2D eigenvalue weighted by Gasteiger charge is -2.19. The van der Waals surface area contributed by atoms with Crippen molar-refractivity contribution >= 4 is 11.6 Å². The summed E-state index contributed by atoms with van der Waals surface area (Å²) in [6.45, 7) is 1.16. The Kier molecular flexibility index (Phi) is 2.26. The van der Waals surface area contributed by atoms with E-state index in [0.717, 1.165) is 17.0 Å². The van der Waals surface area contributed by atoms with Crippen molar-refractivity contribution in [3.63, 3.8) is 0 Å². The van der Waals surface area contributed by atoms with Crippen LogP contribution in [0.15, 0.2) is 30.5 Å². The zero-order chi connectivity index (χ0) is 11.0. The van der Waals surface area contributed by atoms with Gasteiger partial charge in [0, 0.05) is 23.5 Å². The quantitative estimate of drug-likeness (QED) is 0.824. The molecule has 0 spiro atoms. The summed E-state index contributed by atoms with van der Waals surface area (Å²) in [5, 5.41) is 0.659. The molecule has 2 heterocycles. The molecule has 1 aliphatic heterocycles. The third-order valence-electron chi connectivity index (χ3n) is 2.52. The van der Waals surface area contributed by atoms with Crippen LogP contribution in [0, 0.1) is 0 Å². The number of aromatic nitrogens is 1. The third kappa shape index (κ3) is 1.53. The maximum atomic E-state index is 6.20. The summed E-state index contributed by atoms with van der Waals surface area (Å²) in [7, 11) is 0. The van der Waals surface area contributed by atoms with E-state index in [2.05, 4.69) is 4.98 Å². The molecule has 0 unspecified atom stereocenters. The smallest absolute Gasteiger partial charge is 0.162 e. The lowest BCUT2D eigenvalue weighted by atomic mass is 10.1. The number of rotatable bonds is 1. The fourth-order valence-electron chi connectivity index (χ4n) is 1.77. The van der Waals surface area contributed by atoms with Gasteiger partial charge in [0.25, 0.3) is 0 Å². The second kappa shape index (κ2) is 3.76. The summed E-state index contributed by atoms with van der Waals surface area (Å²) in [5.41, 5.74) is 1.90. The molecule has 1 aromatic carbocycles. The van der Waals surface area contributed by atoms with E-state index in [1.54, 1.807) is 6.07 Å². The lowest BCUT2D eigenvalue weighted by molar-refractivity contribution is 0.171. The van der Waals surface area contributed by atoms with Crippen LogP contribution in [0.3, 0.4) is 0 Å². The Morgan fingerprint density at radius 3 is 2.56 bits per heavy atom. The van der Waals surface area contributed by atoms with E-state index in [-0.39, 0.29) is 0 Å². The monoisotopic (exact) mass is 235 g/mol. The van der Waals surface area contributed by atoms with Gasteiger partial charge in [0.1, 0.15) is 13.2 Å². The van der Waals surface area contributed by atoms with E-state index in [0.29, 0.717) is 24.0 Å². The number of H-pyrrole nitrogens is 1. The van der Waals surface area contributed by atoms with Gasteiger partial charge in [-0.25, -0.2) is 0 Å². The van der Waals surface area contributed by atoms with E-state index >= 15 is 0 Å². The van der Waals surface area contributed by atoms with Gasteiger partial charge in [-0.05, 0) is 18.2 Å². The highest BCUT2D eigenvalue weighted by atomic mass is 35.5. The molecule has 3 rings (SSSR count). The Bertz CT molecular complexity index is 508. The van der Waals surface area contributed by atoms with Crippen molar-refractivity contribution in [2.45, 2.75) is 0 Å². The Hall–Kier alpha value is -1.61. The number of nitrogens with one attached hydrogen (secondary N) is 1. The molecule has 3 nitrogen and oxygen atoms in total. The summed E-state index contributed by atoms with van der Waals surface area (Å²) < 4.78 is 11.0. The van der Waals surface area contributed by atoms with Gasteiger partial charge >= 0.3 is 0 Å². The SMILES string of the molecule is Clc1cc2c(cc1-c1ccc[nH]1)OCCO2. The van der Waals surface area contributed by atoms with Crippen molar-refractivity contribution in [1.82, 2.24) is 4.98 Å². The number of aromatic amines is 1. The summed E-state index contributed by atoms with van der Waals surface area (Å²) in [4.78, 5) is 3.12. The summed E-state index contributed by atoms with van der Waals surface area (Å²) >= 11 is 6.20. The van der Waals surface area contributed by atoms with E-state index in [9.17, 15) is 0 Å². The first-order chi connectivity index (χ1) is 7.84. The van der Waals surface area contributed by atoms with Crippen molar-refractivity contribution in [1.29, 1.82) is 0 Å². The maximum absolute atomic E-state index is 6.20. The molecule has 1 aliphatic rings. The van der Waals surface area contributed by atoms with Crippen LogP contribution >= 0.6 is 11.6 Å². The molecule has 4 heteroatoms. The Balaban J connectivity index is 2.12. The lowest BCUT2D eigenvalue weighted by Crippen LogP contribution is -2.15. The number of halogens is 1. The van der Waals surface area contributed by atoms with Crippen LogP contribution in [0.25, 0.3) is 11.3 Å². The molecular formula is C12H10ClNO2. The molecule has 0 saturated carbocycles. The van der Waals surface area contributed by atoms with Crippen LogP contribution in [-0.4, -0.2) is 18.2 Å². The third-order valence-corrected chi connectivity index (χ3v) is 2.83. The molecule has 0 bridgehead atoms. The van der Waals surface area contributed by atoms with Crippen LogP contribution < -0.4 is 9.47 Å². The molecule has 2 aromatic rings. The van der Waals surface area contributed by atoms with E-state index in [1.165, 1.54) is 0 Å². The van der Waals surface area contributed by atoms with Crippen LogP contribution in [0.2, 0.25) is 5.02 Å². The van der Waals surface area contributed by atoms with Crippen LogP contribution in [0.5, 0.6) is 11.5 Å². The van der Waals surface area contributed by atoms with Gasteiger partial charge in [0.2, 0.25) is 0 Å². The average molecular weight is 236 g/mol. The van der Waals surface area contributed by atoms with Crippen molar-refractivity contribution in [3.8, 4) is 22.8 Å². The minimum absolute atomic E-state index is 0.575. The summed E-state index contributed by atoms with van der Waals surface area (Å²) in [6, 6.07) is 7.61. The second-order valence-electron chi connectivity index (χ2n) is 3.56. The predicted octanol–water partition coefficient (Wildman–Crippen LogP) is 3.11. The molecule has 1 aromatic heterocycles. The van der Waals surface area contributed by atoms with Crippen LogP contribution in [0.4, 0.5) is 0 Å². The van der Waals surface area contributed by atoms with Gasteiger partial charge in [0.15, 0.2) is 11.5 Å². The number of hydrogen-bond acceptors (Lipinski definition) is 2. The largest absolute Gasteiger partial charge is 0.486 e. The van der Waals surface area contributed by atoms with E-state index < -0.39 is 0 Å². The first-order valence-electron chi connectivity index (χ1n) is 5.07. The van der Waals surface area contributed by atoms with Gasteiger partial charge in [-0.1, -0.05) is 11.6 Å². The van der Waals surface area contributed by atoms with Gasteiger partial charge in [-0.2, -0.15) is 0 Å². The Morgan fingerprint density at radius 1 is 1.12 bits per heavy atom. The molecular weight excluding hydrogens is 226 g/mol. The van der Waals surface area contributed by atoms with Gasteiger partial charge in [0.05, 0.1) is 5.02 Å². The summed E-state index contributed by atoms with van der Waals surface area (Å²) in [5.74, 6) is 1.46. The highest BCUT2D eigenvalue weighted by Gasteiger charge is 2.15. The molecule has 0 aliphatic carbocycles. The molecule has 16 heavy (non-hydrogen) atoms.